The molecule has 37 heavy (non-hydrogen) atoms. The number of hydrogen-bond donors (Lipinski definition) is 0. The Kier molecular flexibility index (Phi) is 5.69. The molecule has 1 heterocycles. The molecule has 1 aliphatic rings. The van der Waals surface area contributed by atoms with Crippen LogP contribution in [-0.4, -0.2) is 13.8 Å². The van der Waals surface area contributed by atoms with Crippen molar-refractivity contribution in [3.63, 3.8) is 0 Å². The zero-order valence-electron chi connectivity index (χ0n) is 22.3. The molecular formula is C34H30BClO. The van der Waals surface area contributed by atoms with Gasteiger partial charge in [0.25, 0.3) is 0 Å². The van der Waals surface area contributed by atoms with Crippen LogP contribution in [-0.2, 0) is 0 Å². The van der Waals surface area contributed by atoms with Crippen LogP contribution in [0.15, 0.2) is 72.8 Å². The summed E-state index contributed by atoms with van der Waals surface area (Å²) in [6, 6.07) is 26.6. The van der Waals surface area contributed by atoms with Crippen LogP contribution in [0.25, 0.3) is 33.0 Å². The number of fused-ring (bicyclic) bond motifs is 2. The van der Waals surface area contributed by atoms with E-state index in [1.807, 2.05) is 12.1 Å². The number of rotatable bonds is 3. The van der Waals surface area contributed by atoms with Gasteiger partial charge in [-0.05, 0) is 80.3 Å². The van der Waals surface area contributed by atoms with Gasteiger partial charge in [-0.15, -0.1) is 0 Å². The molecule has 5 aromatic carbocycles. The fourth-order valence-electron chi connectivity index (χ4n) is 6.71. The Hall–Kier alpha value is -3.49. The Morgan fingerprint density at radius 3 is 1.97 bits per heavy atom. The number of hydrogen-bond acceptors (Lipinski definition) is 1. The molecule has 0 saturated carbocycles. The van der Waals surface area contributed by atoms with Gasteiger partial charge in [0.05, 0.1) is 7.11 Å². The van der Waals surface area contributed by atoms with Crippen molar-refractivity contribution < 1.29 is 4.74 Å². The molecule has 1 nitrogen and oxygen atoms in total. The fraction of sp³-hybridized carbons (Fsp3) is 0.176. The summed E-state index contributed by atoms with van der Waals surface area (Å²) >= 11 is 6.32. The van der Waals surface area contributed by atoms with Crippen LogP contribution in [0.1, 0.15) is 27.8 Å². The summed E-state index contributed by atoms with van der Waals surface area (Å²) in [5.74, 6) is 0.790. The van der Waals surface area contributed by atoms with Crippen molar-refractivity contribution in [2.75, 3.05) is 7.11 Å². The first kappa shape index (κ1) is 23.9. The van der Waals surface area contributed by atoms with Crippen LogP contribution in [0.5, 0.6) is 5.75 Å². The van der Waals surface area contributed by atoms with Gasteiger partial charge in [-0.3, -0.25) is 0 Å². The van der Waals surface area contributed by atoms with Gasteiger partial charge in [0.2, 0.25) is 6.71 Å². The fourth-order valence-corrected chi connectivity index (χ4v) is 6.87. The zero-order chi connectivity index (χ0) is 26.0. The predicted molar refractivity (Wildman–Crippen MR) is 161 cm³/mol. The Morgan fingerprint density at radius 2 is 1.27 bits per heavy atom. The van der Waals surface area contributed by atoms with Gasteiger partial charge in [0.15, 0.2) is 0 Å². The second-order valence-electron chi connectivity index (χ2n) is 10.6. The molecule has 0 saturated heterocycles. The molecule has 0 atom stereocenters. The SMILES string of the molecule is COc1cc(Cl)ccc1-c1ccc2c3c(cccc13)-c1cc(C)cc(C)c1B2c1c(C)cc(C)cc1C. The largest absolute Gasteiger partial charge is 0.496 e. The normalized spacial score (nSPS) is 12.1. The maximum Gasteiger partial charge on any atom is 0.243 e. The maximum atomic E-state index is 6.32. The second-order valence-corrected chi connectivity index (χ2v) is 11.0. The second kappa shape index (κ2) is 8.82. The quantitative estimate of drug-likeness (QED) is 0.233. The summed E-state index contributed by atoms with van der Waals surface area (Å²) in [6.45, 7) is 11.4. The monoisotopic (exact) mass is 500 g/mol. The van der Waals surface area contributed by atoms with Crippen LogP contribution in [0.3, 0.4) is 0 Å². The molecular weight excluding hydrogens is 471 g/mol. The smallest absolute Gasteiger partial charge is 0.243 e. The molecule has 0 fully saturated rings. The highest BCUT2D eigenvalue weighted by atomic mass is 35.5. The van der Waals surface area contributed by atoms with E-state index in [0.29, 0.717) is 5.02 Å². The lowest BCUT2D eigenvalue weighted by Crippen LogP contribution is -2.57. The van der Waals surface area contributed by atoms with Gasteiger partial charge in [0, 0.05) is 10.6 Å². The highest BCUT2D eigenvalue weighted by Gasteiger charge is 2.35. The van der Waals surface area contributed by atoms with Gasteiger partial charge in [-0.2, -0.15) is 0 Å². The third-order valence-corrected chi connectivity index (χ3v) is 8.21. The van der Waals surface area contributed by atoms with E-state index in [-0.39, 0.29) is 6.71 Å². The van der Waals surface area contributed by atoms with Crippen LogP contribution >= 0.6 is 11.6 Å². The van der Waals surface area contributed by atoms with Gasteiger partial charge in [0.1, 0.15) is 5.75 Å². The predicted octanol–water partition coefficient (Wildman–Crippen LogP) is 7.21. The van der Waals surface area contributed by atoms with E-state index in [1.165, 1.54) is 66.1 Å². The Labute approximate surface area is 225 Å². The lowest BCUT2D eigenvalue weighted by atomic mass is 9.32. The first-order chi connectivity index (χ1) is 17.8. The van der Waals surface area contributed by atoms with E-state index in [0.717, 1.165) is 16.9 Å². The molecule has 6 rings (SSSR count). The topological polar surface area (TPSA) is 9.23 Å². The summed E-state index contributed by atoms with van der Waals surface area (Å²) in [4.78, 5) is 0. The first-order valence-electron chi connectivity index (χ1n) is 12.9. The average Bonchev–Trinajstić information content (AvgIpc) is 2.85. The summed E-state index contributed by atoms with van der Waals surface area (Å²) in [5.41, 5.74) is 15.8. The number of methoxy groups -OCH3 is 1. The zero-order valence-corrected chi connectivity index (χ0v) is 23.0. The number of halogens is 1. The van der Waals surface area contributed by atoms with E-state index >= 15 is 0 Å². The van der Waals surface area contributed by atoms with E-state index in [9.17, 15) is 0 Å². The van der Waals surface area contributed by atoms with Gasteiger partial charge in [-0.25, -0.2) is 0 Å². The Balaban J connectivity index is 1.76. The maximum absolute atomic E-state index is 6.32. The molecule has 0 N–H and O–H groups in total. The highest BCUT2D eigenvalue weighted by Crippen LogP contribution is 2.40. The molecule has 0 radical (unpaired) electrons. The molecule has 5 aromatic rings. The van der Waals surface area contributed by atoms with Crippen LogP contribution in [0.2, 0.25) is 5.02 Å². The molecule has 0 unspecified atom stereocenters. The first-order valence-corrected chi connectivity index (χ1v) is 13.2. The summed E-state index contributed by atoms with van der Waals surface area (Å²) in [7, 11) is 1.71. The molecule has 0 aliphatic carbocycles. The molecule has 0 spiro atoms. The van der Waals surface area contributed by atoms with E-state index in [2.05, 4.69) is 95.3 Å². The van der Waals surface area contributed by atoms with E-state index in [1.54, 1.807) is 7.11 Å². The lowest BCUT2D eigenvalue weighted by molar-refractivity contribution is 0.416. The Morgan fingerprint density at radius 1 is 0.622 bits per heavy atom. The minimum atomic E-state index is 0.176. The lowest BCUT2D eigenvalue weighted by Gasteiger charge is -2.32. The van der Waals surface area contributed by atoms with E-state index in [4.69, 9.17) is 16.3 Å². The minimum absolute atomic E-state index is 0.176. The standard InChI is InChI=1S/C34H30BClO/c1-19-14-21(3)33(22(4)15-19)35-30-13-12-25(26-11-10-24(36)18-31(26)37-6)27-8-7-9-28(32(27)30)29-17-20(2)16-23(5)34(29)35/h7-18H,1-6H3. The summed E-state index contributed by atoms with van der Waals surface area (Å²) in [6.07, 6.45) is 0. The highest BCUT2D eigenvalue weighted by molar-refractivity contribution is 6.99. The third kappa shape index (κ3) is 3.70. The van der Waals surface area contributed by atoms with Crippen molar-refractivity contribution in [2.24, 2.45) is 0 Å². The summed E-state index contributed by atoms with van der Waals surface area (Å²) < 4.78 is 5.77. The molecule has 0 aromatic heterocycles. The van der Waals surface area contributed by atoms with Gasteiger partial charge in [-0.1, -0.05) is 110 Å². The number of benzene rings is 5. The minimum Gasteiger partial charge on any atom is -0.496 e. The van der Waals surface area contributed by atoms with Crippen molar-refractivity contribution in [3.05, 3.63) is 106 Å². The third-order valence-electron chi connectivity index (χ3n) is 7.97. The number of aryl methyl sites for hydroxylation is 5. The van der Waals surface area contributed by atoms with Crippen LogP contribution in [0.4, 0.5) is 0 Å². The van der Waals surface area contributed by atoms with Crippen molar-refractivity contribution in [3.8, 4) is 28.0 Å². The van der Waals surface area contributed by atoms with Crippen molar-refractivity contribution >= 4 is 45.5 Å². The molecule has 182 valence electrons. The van der Waals surface area contributed by atoms with E-state index < -0.39 is 0 Å². The van der Waals surface area contributed by atoms with Crippen LogP contribution in [0, 0.1) is 34.6 Å². The average molecular weight is 501 g/mol. The van der Waals surface area contributed by atoms with Crippen molar-refractivity contribution in [2.45, 2.75) is 34.6 Å². The van der Waals surface area contributed by atoms with Crippen molar-refractivity contribution in [1.29, 1.82) is 0 Å². The van der Waals surface area contributed by atoms with Gasteiger partial charge >= 0.3 is 0 Å². The Bertz CT molecular complexity index is 1710. The van der Waals surface area contributed by atoms with Crippen LogP contribution < -0.4 is 21.1 Å². The number of ether oxygens (including phenoxy) is 1. The summed E-state index contributed by atoms with van der Waals surface area (Å²) in [5, 5.41) is 3.25. The molecule has 0 bridgehead atoms. The molecule has 0 amide bonds. The van der Waals surface area contributed by atoms with Gasteiger partial charge < -0.3 is 4.74 Å². The van der Waals surface area contributed by atoms with Crippen molar-refractivity contribution in [1.82, 2.24) is 0 Å². The molecule has 3 heteroatoms. The molecule has 1 aliphatic heterocycles.